The van der Waals surface area contributed by atoms with E-state index >= 15 is 0 Å². The smallest absolute Gasteiger partial charge is 0.229 e. The fourth-order valence-corrected chi connectivity index (χ4v) is 5.64. The molecule has 0 amide bonds. The molecule has 1 aliphatic heterocycles. The lowest BCUT2D eigenvalue weighted by atomic mass is 10.0. The normalized spacial score (nSPS) is 17.2. The Kier molecular flexibility index (Phi) is 6.96. The fourth-order valence-electron chi connectivity index (χ4n) is 4.73. The maximum absolute atomic E-state index is 11.9. The zero-order chi connectivity index (χ0) is 26.9. The molecule has 1 aliphatic rings. The summed E-state index contributed by atoms with van der Waals surface area (Å²) in [7, 11) is -0.349. The number of methoxy groups -OCH3 is 2. The molecule has 0 unspecified atom stereocenters. The first-order chi connectivity index (χ1) is 18.3. The van der Waals surface area contributed by atoms with Crippen LogP contribution in [0, 0.1) is 0 Å². The number of nitrogens with zero attached hydrogens (tertiary/aromatic N) is 3. The van der Waals surface area contributed by atoms with Crippen LogP contribution in [0.25, 0.3) is 5.69 Å². The zero-order valence-corrected chi connectivity index (χ0v) is 22.7. The molecular formula is C27H27N5O4S2. The summed E-state index contributed by atoms with van der Waals surface area (Å²) in [5.41, 5.74) is 3.74. The summed E-state index contributed by atoms with van der Waals surface area (Å²) >= 11 is 5.86. The number of pyridine rings is 1. The number of hydrogen-bond acceptors (Lipinski definition) is 6. The van der Waals surface area contributed by atoms with Crippen LogP contribution in [0.5, 0.6) is 11.5 Å². The zero-order valence-electron chi connectivity index (χ0n) is 21.0. The van der Waals surface area contributed by atoms with Gasteiger partial charge >= 0.3 is 0 Å². The number of thiocarbonyl (C=S) groups is 1. The molecule has 5 rings (SSSR count). The first-order valence-corrected chi connectivity index (χ1v) is 14.1. The summed E-state index contributed by atoms with van der Waals surface area (Å²) in [4.78, 5) is 6.63. The Bertz CT molecular complexity index is 1570. The predicted molar refractivity (Wildman–Crippen MR) is 152 cm³/mol. The van der Waals surface area contributed by atoms with Crippen LogP contribution in [0.2, 0.25) is 0 Å². The Hall–Kier alpha value is -4.09. The maximum Gasteiger partial charge on any atom is 0.229 e. The van der Waals surface area contributed by atoms with Gasteiger partial charge in [0.15, 0.2) is 5.11 Å². The summed E-state index contributed by atoms with van der Waals surface area (Å²) < 4.78 is 39.5. The molecule has 4 aromatic rings. The SMILES string of the molecule is COc1cc(N2C(=S)N[C@@H](c3ccccn3)[C@@H]2c2cccn2-c2ccccc2OC)ccc1NS(C)(=O)=O. The first kappa shape index (κ1) is 25.6. The van der Waals surface area contributed by atoms with Crippen molar-refractivity contribution in [2.45, 2.75) is 12.1 Å². The van der Waals surface area contributed by atoms with Gasteiger partial charge in [-0.05, 0) is 60.7 Å². The predicted octanol–water partition coefficient (Wildman–Crippen LogP) is 4.44. The van der Waals surface area contributed by atoms with Crippen LogP contribution >= 0.6 is 12.2 Å². The van der Waals surface area contributed by atoms with E-state index in [-0.39, 0.29) is 12.1 Å². The Morgan fingerprint density at radius 1 is 0.974 bits per heavy atom. The minimum atomic E-state index is -3.49. The first-order valence-electron chi connectivity index (χ1n) is 11.8. The van der Waals surface area contributed by atoms with Crippen LogP contribution in [0.3, 0.4) is 0 Å². The van der Waals surface area contributed by atoms with Gasteiger partial charge in [0.1, 0.15) is 17.5 Å². The Balaban J connectivity index is 1.66. The molecule has 3 heterocycles. The highest BCUT2D eigenvalue weighted by Gasteiger charge is 2.42. The van der Waals surface area contributed by atoms with Crippen molar-refractivity contribution in [1.29, 1.82) is 0 Å². The Morgan fingerprint density at radius 3 is 2.45 bits per heavy atom. The maximum atomic E-state index is 11.9. The number of rotatable bonds is 8. The summed E-state index contributed by atoms with van der Waals surface area (Å²) in [5, 5.41) is 3.96. The van der Waals surface area contributed by atoms with Gasteiger partial charge < -0.3 is 24.3 Å². The molecule has 11 heteroatoms. The van der Waals surface area contributed by atoms with Crippen molar-refractivity contribution in [2.24, 2.45) is 0 Å². The van der Waals surface area contributed by atoms with Crippen LogP contribution in [0.1, 0.15) is 23.5 Å². The van der Waals surface area contributed by atoms with Gasteiger partial charge in [-0.15, -0.1) is 0 Å². The van der Waals surface area contributed by atoms with Crippen molar-refractivity contribution in [3.8, 4) is 17.2 Å². The van der Waals surface area contributed by atoms with E-state index in [9.17, 15) is 8.42 Å². The number of hydrogen-bond donors (Lipinski definition) is 2. The minimum absolute atomic E-state index is 0.271. The molecule has 2 aromatic heterocycles. The van der Waals surface area contributed by atoms with Crippen LogP contribution < -0.4 is 24.4 Å². The average Bonchev–Trinajstić information content (AvgIpc) is 3.52. The van der Waals surface area contributed by atoms with Crippen molar-refractivity contribution in [3.05, 3.63) is 96.6 Å². The van der Waals surface area contributed by atoms with Crippen LogP contribution in [0.15, 0.2) is 85.2 Å². The molecule has 2 atom stereocenters. The summed E-state index contributed by atoms with van der Waals surface area (Å²) in [6.45, 7) is 0. The van der Waals surface area contributed by atoms with Crippen LogP contribution in [0.4, 0.5) is 11.4 Å². The van der Waals surface area contributed by atoms with Gasteiger partial charge in [0.25, 0.3) is 0 Å². The lowest BCUT2D eigenvalue weighted by Crippen LogP contribution is -2.30. The third kappa shape index (κ3) is 4.90. The largest absolute Gasteiger partial charge is 0.495 e. The van der Waals surface area contributed by atoms with E-state index in [1.807, 2.05) is 71.8 Å². The number of sulfonamides is 1. The number of nitrogens with one attached hydrogen (secondary N) is 2. The van der Waals surface area contributed by atoms with Gasteiger partial charge in [-0.3, -0.25) is 9.71 Å². The van der Waals surface area contributed by atoms with Gasteiger partial charge in [-0.1, -0.05) is 18.2 Å². The number of aromatic nitrogens is 2. The van der Waals surface area contributed by atoms with E-state index in [4.69, 9.17) is 21.7 Å². The average molecular weight is 550 g/mol. The van der Waals surface area contributed by atoms with Gasteiger partial charge in [-0.2, -0.15) is 0 Å². The number of ether oxygens (including phenoxy) is 2. The van der Waals surface area contributed by atoms with E-state index in [1.165, 1.54) is 7.11 Å². The van der Waals surface area contributed by atoms with Gasteiger partial charge in [0.2, 0.25) is 10.0 Å². The molecule has 9 nitrogen and oxygen atoms in total. The summed E-state index contributed by atoms with van der Waals surface area (Å²) in [6.07, 6.45) is 4.84. The molecule has 0 spiro atoms. The molecule has 1 saturated heterocycles. The van der Waals surface area contributed by atoms with Crippen molar-refractivity contribution in [2.75, 3.05) is 30.1 Å². The second kappa shape index (κ2) is 10.3. The number of para-hydroxylation sites is 2. The highest BCUT2D eigenvalue weighted by atomic mass is 32.2. The van der Waals surface area contributed by atoms with Crippen LogP contribution in [-0.4, -0.2) is 43.6 Å². The van der Waals surface area contributed by atoms with E-state index < -0.39 is 10.0 Å². The van der Waals surface area contributed by atoms with Gasteiger partial charge in [0.05, 0.1) is 43.6 Å². The molecule has 2 N–H and O–H groups in total. The lowest BCUT2D eigenvalue weighted by molar-refractivity contribution is 0.412. The summed E-state index contributed by atoms with van der Waals surface area (Å²) in [6, 6.07) is 22.3. The molecule has 0 radical (unpaired) electrons. The molecule has 0 bridgehead atoms. The number of anilines is 2. The summed E-state index contributed by atoms with van der Waals surface area (Å²) in [5.74, 6) is 1.10. The standard InChI is InChI=1S/C27H27N5O4S2/c1-35-23-12-5-4-10-21(23)31-16-8-11-22(31)26-25(20-9-6-7-15-28-20)29-27(37)32(26)18-13-14-19(24(17-18)36-2)30-38(3,33)34/h4-17,25-26,30H,1-3H3,(H,29,37)/t25-,26-/m0/s1. The second-order valence-electron chi connectivity index (χ2n) is 8.73. The molecule has 2 aromatic carbocycles. The van der Waals surface area contributed by atoms with E-state index in [1.54, 1.807) is 25.4 Å². The minimum Gasteiger partial charge on any atom is -0.495 e. The molecule has 0 saturated carbocycles. The quantitative estimate of drug-likeness (QED) is 0.312. The monoisotopic (exact) mass is 549 g/mol. The van der Waals surface area contributed by atoms with Gasteiger partial charge in [0, 0.05) is 29.8 Å². The van der Waals surface area contributed by atoms with Crippen LogP contribution in [-0.2, 0) is 10.0 Å². The molecule has 1 fully saturated rings. The third-order valence-electron chi connectivity index (χ3n) is 6.28. The van der Waals surface area contributed by atoms with E-state index in [0.29, 0.717) is 16.5 Å². The lowest BCUT2D eigenvalue weighted by Gasteiger charge is -2.29. The Morgan fingerprint density at radius 2 is 1.74 bits per heavy atom. The Labute approximate surface area is 227 Å². The second-order valence-corrected chi connectivity index (χ2v) is 10.9. The molecule has 196 valence electrons. The highest BCUT2D eigenvalue weighted by Crippen LogP contribution is 2.44. The number of benzene rings is 2. The van der Waals surface area contributed by atoms with Crippen molar-refractivity contribution in [3.63, 3.8) is 0 Å². The van der Waals surface area contributed by atoms with Crippen molar-refractivity contribution in [1.82, 2.24) is 14.9 Å². The topological polar surface area (TPSA) is 97.7 Å². The van der Waals surface area contributed by atoms with Crippen molar-refractivity contribution < 1.29 is 17.9 Å². The van der Waals surface area contributed by atoms with Crippen molar-refractivity contribution >= 4 is 38.7 Å². The fraction of sp³-hybridized carbons (Fsp3) is 0.185. The molecule has 0 aliphatic carbocycles. The third-order valence-corrected chi connectivity index (χ3v) is 7.19. The molecular weight excluding hydrogens is 522 g/mol. The van der Waals surface area contributed by atoms with E-state index in [0.717, 1.165) is 34.8 Å². The highest BCUT2D eigenvalue weighted by molar-refractivity contribution is 7.92. The van der Waals surface area contributed by atoms with E-state index in [2.05, 4.69) is 19.6 Å². The van der Waals surface area contributed by atoms with Gasteiger partial charge in [-0.25, -0.2) is 8.42 Å². The molecule has 38 heavy (non-hydrogen) atoms.